The summed E-state index contributed by atoms with van der Waals surface area (Å²) in [5.41, 5.74) is 1.37. The number of benzene rings is 1. The number of rotatable bonds is 8. The fourth-order valence-corrected chi connectivity index (χ4v) is 3.73. The zero-order valence-corrected chi connectivity index (χ0v) is 17.2. The molecule has 2 heterocycles. The highest BCUT2D eigenvalue weighted by atomic mass is 79.9. The van der Waals surface area contributed by atoms with E-state index in [1.807, 2.05) is 19.1 Å². The number of piperidine rings is 1. The van der Waals surface area contributed by atoms with Crippen LogP contribution >= 0.6 is 15.9 Å². The van der Waals surface area contributed by atoms with Crippen molar-refractivity contribution in [1.82, 2.24) is 14.8 Å². The summed E-state index contributed by atoms with van der Waals surface area (Å²) < 4.78 is 13.1. The lowest BCUT2D eigenvalue weighted by molar-refractivity contribution is -0.126. The number of carbonyl (C=O) groups excluding carboxylic acids is 1. The summed E-state index contributed by atoms with van der Waals surface area (Å²) in [6, 6.07) is 5.58. The Morgan fingerprint density at radius 3 is 2.89 bits per heavy atom. The number of amides is 1. The maximum atomic E-state index is 12.3. The normalized spacial score (nSPS) is 16.1. The highest BCUT2D eigenvalue weighted by Crippen LogP contribution is 2.21. The molecule has 1 saturated heterocycles. The van der Waals surface area contributed by atoms with Gasteiger partial charge < -0.3 is 14.5 Å². The Labute approximate surface area is 166 Å². The predicted molar refractivity (Wildman–Crippen MR) is 107 cm³/mol. The topological polar surface area (TPSA) is 76.7 Å². The van der Waals surface area contributed by atoms with Crippen LogP contribution < -0.4 is 11.1 Å². The molecule has 0 unspecified atom stereocenters. The summed E-state index contributed by atoms with van der Waals surface area (Å²) >= 11 is 3.39. The molecule has 1 aliphatic heterocycles. The van der Waals surface area contributed by atoms with Crippen LogP contribution in [0.4, 0.5) is 0 Å². The Morgan fingerprint density at radius 2 is 2.15 bits per heavy atom. The summed E-state index contributed by atoms with van der Waals surface area (Å²) in [5, 5.41) is 3.00. The number of oxazole rings is 1. The van der Waals surface area contributed by atoms with Crippen LogP contribution in [0.1, 0.15) is 26.2 Å². The van der Waals surface area contributed by atoms with Crippen LogP contribution in [-0.2, 0) is 16.2 Å². The maximum absolute atomic E-state index is 12.3. The Hall–Kier alpha value is -1.64. The van der Waals surface area contributed by atoms with Crippen molar-refractivity contribution >= 4 is 32.9 Å². The maximum Gasteiger partial charge on any atom is 0.421 e. The van der Waals surface area contributed by atoms with Gasteiger partial charge in [-0.05, 0) is 44.4 Å². The molecule has 1 aromatic heterocycles. The first-order valence-corrected chi connectivity index (χ1v) is 10.2. The smallest absolute Gasteiger partial charge is 0.408 e. The molecule has 8 heteroatoms. The second kappa shape index (κ2) is 9.52. The van der Waals surface area contributed by atoms with Gasteiger partial charge in [0.25, 0.3) is 0 Å². The number of hydrogen-bond acceptors (Lipinski definition) is 5. The van der Waals surface area contributed by atoms with E-state index in [4.69, 9.17) is 9.15 Å². The number of aromatic nitrogens is 1. The van der Waals surface area contributed by atoms with Crippen LogP contribution in [-0.4, -0.2) is 48.2 Å². The van der Waals surface area contributed by atoms with E-state index in [2.05, 4.69) is 26.1 Å². The molecule has 1 fully saturated rings. The van der Waals surface area contributed by atoms with E-state index in [9.17, 15) is 9.59 Å². The summed E-state index contributed by atoms with van der Waals surface area (Å²) in [6.45, 7) is 6.06. The molecule has 1 N–H and O–H groups in total. The van der Waals surface area contributed by atoms with Gasteiger partial charge in [-0.2, -0.15) is 0 Å². The lowest BCUT2D eigenvalue weighted by atomic mass is 9.96. The van der Waals surface area contributed by atoms with E-state index in [1.165, 1.54) is 0 Å². The first kappa shape index (κ1) is 20.1. The van der Waals surface area contributed by atoms with Gasteiger partial charge in [-0.15, -0.1) is 0 Å². The number of carbonyl (C=O) groups is 1. The number of likely N-dealkylation sites (tertiary alicyclic amines) is 1. The van der Waals surface area contributed by atoms with Crippen molar-refractivity contribution in [1.29, 1.82) is 0 Å². The molecule has 0 saturated carbocycles. The molecule has 27 heavy (non-hydrogen) atoms. The third-order valence-electron chi connectivity index (χ3n) is 4.90. The third-order valence-corrected chi connectivity index (χ3v) is 5.39. The quantitative estimate of drug-likeness (QED) is 0.639. The van der Waals surface area contributed by atoms with Crippen molar-refractivity contribution in [2.75, 3.05) is 32.8 Å². The van der Waals surface area contributed by atoms with Crippen LogP contribution in [0, 0.1) is 5.92 Å². The van der Waals surface area contributed by atoms with E-state index < -0.39 is 0 Å². The van der Waals surface area contributed by atoms with Crippen molar-refractivity contribution in [3.63, 3.8) is 0 Å². The number of hydrogen-bond donors (Lipinski definition) is 1. The number of nitrogens with zero attached hydrogens (tertiary/aromatic N) is 2. The van der Waals surface area contributed by atoms with Crippen molar-refractivity contribution in [3.05, 3.63) is 33.2 Å². The number of nitrogens with one attached hydrogen (secondary N) is 1. The van der Waals surface area contributed by atoms with Crippen LogP contribution in [0.15, 0.2) is 31.9 Å². The molecule has 0 aliphatic carbocycles. The van der Waals surface area contributed by atoms with Crippen molar-refractivity contribution < 1.29 is 13.9 Å². The summed E-state index contributed by atoms with van der Waals surface area (Å²) in [6.07, 6.45) is 2.44. The second-order valence-corrected chi connectivity index (χ2v) is 7.70. The minimum Gasteiger partial charge on any atom is -0.408 e. The van der Waals surface area contributed by atoms with E-state index in [1.54, 1.807) is 10.6 Å². The number of ether oxygens (including phenoxy) is 1. The minimum atomic E-state index is -0.350. The van der Waals surface area contributed by atoms with E-state index in [0.29, 0.717) is 32.0 Å². The molecule has 2 aromatic rings. The highest BCUT2D eigenvalue weighted by molar-refractivity contribution is 9.10. The third kappa shape index (κ3) is 5.21. The highest BCUT2D eigenvalue weighted by Gasteiger charge is 2.25. The Kier molecular flexibility index (Phi) is 7.09. The zero-order chi connectivity index (χ0) is 19.2. The van der Waals surface area contributed by atoms with Crippen molar-refractivity contribution in [2.45, 2.75) is 32.9 Å². The molecule has 7 nitrogen and oxygen atoms in total. The van der Waals surface area contributed by atoms with Crippen LogP contribution in [0.25, 0.3) is 11.1 Å². The van der Waals surface area contributed by atoms with Gasteiger partial charge in [-0.25, -0.2) is 4.79 Å². The molecule has 0 radical (unpaired) electrons. The van der Waals surface area contributed by atoms with Crippen LogP contribution in [0.3, 0.4) is 0 Å². The minimum absolute atomic E-state index is 0.0436. The molecular formula is C19H26BrN3O4. The second-order valence-electron chi connectivity index (χ2n) is 6.78. The molecule has 1 aliphatic rings. The van der Waals surface area contributed by atoms with Crippen LogP contribution in [0.5, 0.6) is 0 Å². The molecule has 3 rings (SSSR count). The van der Waals surface area contributed by atoms with Gasteiger partial charge in [0.05, 0.1) is 12.2 Å². The Bertz CT molecular complexity index is 824. The monoisotopic (exact) mass is 439 g/mol. The Balaban J connectivity index is 1.49. The Morgan fingerprint density at radius 1 is 1.37 bits per heavy atom. The molecule has 1 amide bonds. The predicted octanol–water partition coefficient (Wildman–Crippen LogP) is 2.57. The lowest BCUT2D eigenvalue weighted by Gasteiger charge is -2.31. The zero-order valence-electron chi connectivity index (χ0n) is 15.6. The standard InChI is InChI=1S/C19H26BrN3O4/c1-2-26-11-3-8-21-18(24)14-6-9-22(10-7-14)13-23-16-5-4-15(20)12-17(16)27-19(23)25/h4-5,12,14H,2-3,6-11,13H2,1H3,(H,21,24). The fourth-order valence-electron chi connectivity index (χ4n) is 3.39. The molecule has 0 atom stereocenters. The summed E-state index contributed by atoms with van der Waals surface area (Å²) in [5.74, 6) is -0.179. The molecule has 148 valence electrons. The van der Waals surface area contributed by atoms with Gasteiger partial charge >= 0.3 is 5.76 Å². The van der Waals surface area contributed by atoms with Gasteiger partial charge in [-0.1, -0.05) is 15.9 Å². The van der Waals surface area contributed by atoms with Gasteiger partial charge in [0, 0.05) is 43.2 Å². The summed E-state index contributed by atoms with van der Waals surface area (Å²) in [4.78, 5) is 26.6. The van der Waals surface area contributed by atoms with E-state index >= 15 is 0 Å². The average Bonchev–Trinajstić information content (AvgIpc) is 2.96. The van der Waals surface area contributed by atoms with Gasteiger partial charge in [0.2, 0.25) is 5.91 Å². The lowest BCUT2D eigenvalue weighted by Crippen LogP contribution is -2.42. The SMILES string of the molecule is CCOCCCNC(=O)C1CCN(Cn2c(=O)oc3cc(Br)ccc32)CC1. The number of fused-ring (bicyclic) bond motifs is 1. The van der Waals surface area contributed by atoms with E-state index in [0.717, 1.165) is 42.3 Å². The van der Waals surface area contributed by atoms with Crippen molar-refractivity contribution in [2.24, 2.45) is 5.92 Å². The fraction of sp³-hybridized carbons (Fsp3) is 0.579. The van der Waals surface area contributed by atoms with Crippen LogP contribution in [0.2, 0.25) is 0 Å². The number of halogens is 1. The molecule has 0 bridgehead atoms. The molecular weight excluding hydrogens is 414 g/mol. The summed E-state index contributed by atoms with van der Waals surface area (Å²) in [7, 11) is 0. The van der Waals surface area contributed by atoms with Crippen molar-refractivity contribution in [3.8, 4) is 0 Å². The van der Waals surface area contributed by atoms with Gasteiger partial charge in [0.1, 0.15) is 0 Å². The molecule has 1 aromatic carbocycles. The largest absolute Gasteiger partial charge is 0.421 e. The van der Waals surface area contributed by atoms with E-state index in [-0.39, 0.29) is 17.6 Å². The first-order valence-electron chi connectivity index (χ1n) is 9.45. The van der Waals surface area contributed by atoms with Gasteiger partial charge in [0.15, 0.2) is 5.58 Å². The first-order chi connectivity index (χ1) is 13.1. The average molecular weight is 440 g/mol. The van der Waals surface area contributed by atoms with Gasteiger partial charge in [-0.3, -0.25) is 14.3 Å². The molecule has 0 spiro atoms.